The highest BCUT2D eigenvalue weighted by atomic mass is 35.5. The number of amides is 3. The first-order chi connectivity index (χ1) is 12.8. The van der Waals surface area contributed by atoms with E-state index in [-0.39, 0.29) is 37.8 Å². The second-order valence-electron chi connectivity index (χ2n) is 5.49. The van der Waals surface area contributed by atoms with E-state index in [1.165, 1.54) is 7.05 Å². The van der Waals surface area contributed by atoms with Crippen molar-refractivity contribution in [3.63, 3.8) is 0 Å². The smallest absolute Gasteiger partial charge is 0.429 e. The van der Waals surface area contributed by atoms with Crippen molar-refractivity contribution in [1.82, 2.24) is 10.0 Å². The van der Waals surface area contributed by atoms with E-state index in [1.807, 2.05) is 6.07 Å². The van der Waals surface area contributed by atoms with Gasteiger partial charge in [-0.1, -0.05) is 76.7 Å². The number of benzene rings is 2. The molecule has 3 rings (SSSR count). The molecule has 10 heteroatoms. The number of hydrogen-bond acceptors (Lipinski definition) is 4. The average Bonchev–Trinajstić information content (AvgIpc) is 2.93. The number of hydrogen-bond donors (Lipinski definition) is 0. The Balaban J connectivity index is 1.86. The molecule has 1 heterocycles. The van der Waals surface area contributed by atoms with Gasteiger partial charge in [0.2, 0.25) is 0 Å². The Labute approximate surface area is 174 Å². The van der Waals surface area contributed by atoms with Gasteiger partial charge in [0.1, 0.15) is 6.61 Å². The lowest BCUT2D eigenvalue weighted by atomic mass is 10.1. The zero-order chi connectivity index (χ0) is 19.9. The van der Waals surface area contributed by atoms with Crippen molar-refractivity contribution in [2.45, 2.75) is 6.61 Å². The SMILES string of the molecule is CN(C(=O)OCc1ccccc1)N1C(=O)c2c(Cl)c(Cl)c(Cl)c(Cl)c2C1=O. The highest BCUT2D eigenvalue weighted by Crippen LogP contribution is 2.45. The Morgan fingerprint density at radius 2 is 1.41 bits per heavy atom. The third-order valence-corrected chi connectivity index (χ3v) is 5.65. The van der Waals surface area contributed by atoms with Crippen LogP contribution in [-0.2, 0) is 11.3 Å². The van der Waals surface area contributed by atoms with E-state index < -0.39 is 17.9 Å². The minimum atomic E-state index is -0.919. The standard InChI is InChI=1S/C17H10Cl4N2O4/c1-22(17(26)27-7-8-5-3-2-4-6-8)23-15(24)9-10(16(23)25)12(19)14(21)13(20)11(9)18/h2-6H,7H2,1H3. The molecule has 0 aromatic heterocycles. The predicted octanol–water partition coefficient (Wildman–Crippen LogP) is 5.08. The predicted molar refractivity (Wildman–Crippen MR) is 101 cm³/mol. The Morgan fingerprint density at radius 1 is 0.926 bits per heavy atom. The van der Waals surface area contributed by atoms with Crippen LogP contribution in [0.3, 0.4) is 0 Å². The summed E-state index contributed by atoms with van der Waals surface area (Å²) in [7, 11) is 1.21. The highest BCUT2D eigenvalue weighted by Gasteiger charge is 2.45. The zero-order valence-electron chi connectivity index (χ0n) is 13.6. The van der Waals surface area contributed by atoms with Crippen LogP contribution in [0.4, 0.5) is 4.79 Å². The summed E-state index contributed by atoms with van der Waals surface area (Å²) >= 11 is 24.0. The molecule has 0 radical (unpaired) electrons. The summed E-state index contributed by atoms with van der Waals surface area (Å²) in [5.74, 6) is -1.72. The van der Waals surface area contributed by atoms with Crippen molar-refractivity contribution in [1.29, 1.82) is 0 Å². The van der Waals surface area contributed by atoms with Gasteiger partial charge in [0, 0.05) is 7.05 Å². The van der Waals surface area contributed by atoms with Crippen LogP contribution in [0.2, 0.25) is 20.1 Å². The molecule has 0 bridgehead atoms. The fourth-order valence-corrected chi connectivity index (χ4v) is 3.52. The maximum Gasteiger partial charge on any atom is 0.429 e. The fraction of sp³-hybridized carbons (Fsp3) is 0.118. The Kier molecular flexibility index (Phi) is 5.53. The van der Waals surface area contributed by atoms with Gasteiger partial charge in [-0.05, 0) is 5.56 Å². The fourth-order valence-electron chi connectivity index (χ4n) is 2.50. The van der Waals surface area contributed by atoms with Gasteiger partial charge in [-0.3, -0.25) is 9.59 Å². The highest BCUT2D eigenvalue weighted by molar-refractivity contribution is 6.55. The molecule has 27 heavy (non-hydrogen) atoms. The number of fused-ring (bicyclic) bond motifs is 1. The lowest BCUT2D eigenvalue weighted by molar-refractivity contribution is 0.00633. The summed E-state index contributed by atoms with van der Waals surface area (Å²) in [4.78, 5) is 37.6. The molecule has 2 aromatic carbocycles. The lowest BCUT2D eigenvalue weighted by Gasteiger charge is -2.25. The topological polar surface area (TPSA) is 66.9 Å². The van der Waals surface area contributed by atoms with Crippen LogP contribution in [0.1, 0.15) is 26.3 Å². The van der Waals surface area contributed by atoms with Crippen molar-refractivity contribution in [3.05, 3.63) is 67.1 Å². The van der Waals surface area contributed by atoms with Gasteiger partial charge in [-0.2, -0.15) is 5.01 Å². The van der Waals surface area contributed by atoms with E-state index in [2.05, 4.69) is 0 Å². The van der Waals surface area contributed by atoms with Crippen LogP contribution in [-0.4, -0.2) is 35.0 Å². The molecule has 1 aliphatic rings. The summed E-state index contributed by atoms with van der Waals surface area (Å²) < 4.78 is 5.13. The molecule has 1 aliphatic heterocycles. The summed E-state index contributed by atoms with van der Waals surface area (Å²) in [6, 6.07) is 8.92. The number of rotatable bonds is 3. The number of carbonyl (C=O) groups excluding carboxylic acids is 3. The van der Waals surface area contributed by atoms with E-state index in [4.69, 9.17) is 51.1 Å². The Bertz CT molecular complexity index is 918. The zero-order valence-corrected chi connectivity index (χ0v) is 16.7. The van der Waals surface area contributed by atoms with Gasteiger partial charge in [-0.15, -0.1) is 0 Å². The normalized spacial score (nSPS) is 13.0. The summed E-state index contributed by atoms with van der Waals surface area (Å²) in [5, 5.41) is 0.574. The second-order valence-corrected chi connectivity index (χ2v) is 7.00. The van der Waals surface area contributed by atoms with Crippen LogP contribution >= 0.6 is 46.4 Å². The van der Waals surface area contributed by atoms with E-state index >= 15 is 0 Å². The van der Waals surface area contributed by atoms with Gasteiger partial charge >= 0.3 is 6.09 Å². The third-order valence-electron chi connectivity index (χ3n) is 3.85. The maximum absolute atomic E-state index is 12.7. The first-order valence-corrected chi connectivity index (χ1v) is 8.96. The molecule has 140 valence electrons. The Morgan fingerprint density at radius 3 is 1.89 bits per heavy atom. The largest absolute Gasteiger partial charge is 0.443 e. The molecule has 0 saturated heterocycles. The molecular weight excluding hydrogens is 438 g/mol. The molecule has 0 aliphatic carbocycles. The van der Waals surface area contributed by atoms with Crippen LogP contribution < -0.4 is 0 Å². The van der Waals surface area contributed by atoms with E-state index in [0.717, 1.165) is 10.6 Å². The molecular formula is C17H10Cl4N2O4. The molecule has 0 N–H and O–H groups in total. The van der Waals surface area contributed by atoms with E-state index in [0.29, 0.717) is 5.01 Å². The molecule has 2 aromatic rings. The van der Waals surface area contributed by atoms with Crippen molar-refractivity contribution in [2.24, 2.45) is 0 Å². The number of carbonyl (C=O) groups is 3. The molecule has 0 saturated carbocycles. The van der Waals surface area contributed by atoms with Crippen molar-refractivity contribution in [3.8, 4) is 0 Å². The second kappa shape index (κ2) is 7.56. The number of imide groups is 1. The number of hydrazine groups is 1. The monoisotopic (exact) mass is 446 g/mol. The van der Waals surface area contributed by atoms with Gasteiger partial charge < -0.3 is 4.74 Å². The van der Waals surface area contributed by atoms with Crippen molar-refractivity contribution >= 4 is 64.3 Å². The first-order valence-electron chi connectivity index (χ1n) is 7.44. The van der Waals surface area contributed by atoms with Crippen LogP contribution in [0.25, 0.3) is 0 Å². The summed E-state index contributed by atoms with van der Waals surface area (Å²) in [5.41, 5.74) is 0.304. The number of ether oxygens (including phenoxy) is 1. The summed E-state index contributed by atoms with van der Waals surface area (Å²) in [6.45, 7) is -0.0354. The van der Waals surface area contributed by atoms with Gasteiger partial charge in [0.15, 0.2) is 0 Å². The van der Waals surface area contributed by atoms with Crippen molar-refractivity contribution in [2.75, 3.05) is 7.05 Å². The average molecular weight is 448 g/mol. The van der Waals surface area contributed by atoms with Gasteiger partial charge in [0.05, 0.1) is 31.2 Å². The number of nitrogens with zero attached hydrogens (tertiary/aromatic N) is 2. The minimum Gasteiger partial charge on any atom is -0.443 e. The van der Waals surface area contributed by atoms with E-state index in [1.54, 1.807) is 24.3 Å². The third kappa shape index (κ3) is 3.34. The van der Waals surface area contributed by atoms with E-state index in [9.17, 15) is 14.4 Å². The van der Waals surface area contributed by atoms with Crippen LogP contribution in [0, 0.1) is 0 Å². The Hall–Kier alpha value is -1.99. The maximum atomic E-state index is 12.7. The summed E-state index contributed by atoms with van der Waals surface area (Å²) in [6.07, 6.45) is -0.919. The molecule has 0 fully saturated rings. The minimum absolute atomic E-state index is 0.0354. The van der Waals surface area contributed by atoms with Gasteiger partial charge in [0.25, 0.3) is 11.8 Å². The van der Waals surface area contributed by atoms with Crippen molar-refractivity contribution < 1.29 is 19.1 Å². The first kappa shape index (κ1) is 19.8. The van der Waals surface area contributed by atoms with Gasteiger partial charge in [-0.25, -0.2) is 9.80 Å². The lowest BCUT2D eigenvalue weighted by Crippen LogP contribution is -2.47. The molecule has 0 atom stereocenters. The quantitative estimate of drug-likeness (QED) is 0.373. The molecule has 3 amide bonds. The molecule has 0 spiro atoms. The molecule has 0 unspecified atom stereocenters. The van der Waals surface area contributed by atoms with Crippen LogP contribution in [0.15, 0.2) is 30.3 Å². The molecule has 6 nitrogen and oxygen atoms in total. The van der Waals surface area contributed by atoms with Crippen LogP contribution in [0.5, 0.6) is 0 Å². The number of halogens is 4.